The van der Waals surface area contributed by atoms with E-state index in [-0.39, 0.29) is 22.1 Å². The third-order valence-electron chi connectivity index (χ3n) is 4.54. The molecular formula is C19H19F3N2O3S. The van der Waals surface area contributed by atoms with Crippen molar-refractivity contribution in [2.45, 2.75) is 30.3 Å². The van der Waals surface area contributed by atoms with Gasteiger partial charge in [-0.1, -0.05) is 12.1 Å². The van der Waals surface area contributed by atoms with Gasteiger partial charge in [0.05, 0.1) is 21.7 Å². The Hall–Kier alpha value is -2.55. The van der Waals surface area contributed by atoms with Crippen LogP contribution in [0, 0.1) is 0 Å². The van der Waals surface area contributed by atoms with Crippen LogP contribution in [-0.4, -0.2) is 32.3 Å². The monoisotopic (exact) mass is 412 g/mol. The molecule has 1 N–H and O–H groups in total. The highest BCUT2D eigenvalue weighted by Crippen LogP contribution is 2.30. The summed E-state index contributed by atoms with van der Waals surface area (Å²) in [5, 5.41) is 0. The summed E-state index contributed by atoms with van der Waals surface area (Å²) in [6.45, 7) is 1.22. The van der Waals surface area contributed by atoms with Crippen molar-refractivity contribution in [2.24, 2.45) is 0 Å². The van der Waals surface area contributed by atoms with Crippen LogP contribution in [0.25, 0.3) is 0 Å². The van der Waals surface area contributed by atoms with E-state index in [1.54, 1.807) is 17.0 Å². The van der Waals surface area contributed by atoms with Crippen molar-refractivity contribution < 1.29 is 26.4 Å². The average Bonchev–Trinajstić information content (AvgIpc) is 2.68. The number of rotatable bonds is 4. The molecule has 2 aromatic carbocycles. The number of anilines is 1. The quantitative estimate of drug-likeness (QED) is 0.821. The van der Waals surface area contributed by atoms with Crippen LogP contribution in [-0.2, 0) is 16.2 Å². The molecular weight excluding hydrogens is 393 g/mol. The maximum Gasteiger partial charge on any atom is 0.416 e. The number of nitrogens with zero attached hydrogens (tertiary/aromatic N) is 1. The summed E-state index contributed by atoms with van der Waals surface area (Å²) in [7, 11) is -4.15. The van der Waals surface area contributed by atoms with E-state index in [0.717, 1.165) is 31.4 Å². The third-order valence-corrected chi connectivity index (χ3v) is 5.92. The molecule has 0 saturated carbocycles. The van der Waals surface area contributed by atoms with Gasteiger partial charge in [-0.25, -0.2) is 8.42 Å². The summed E-state index contributed by atoms with van der Waals surface area (Å²) in [6.07, 6.45) is -1.72. The predicted octanol–water partition coefficient (Wildman–Crippen LogP) is 4.13. The van der Waals surface area contributed by atoms with E-state index in [4.69, 9.17) is 0 Å². The number of likely N-dealkylation sites (tertiary alicyclic amines) is 1. The fraction of sp³-hybridized carbons (Fsp3) is 0.316. The molecule has 9 heteroatoms. The number of hydrogen-bond acceptors (Lipinski definition) is 3. The molecule has 0 aromatic heterocycles. The van der Waals surface area contributed by atoms with Gasteiger partial charge in [0.25, 0.3) is 15.9 Å². The first kappa shape index (κ1) is 20.2. The maximum absolute atomic E-state index is 12.8. The van der Waals surface area contributed by atoms with Crippen LogP contribution >= 0.6 is 0 Å². The minimum atomic E-state index is -4.55. The van der Waals surface area contributed by atoms with Gasteiger partial charge in [-0.05, 0) is 55.7 Å². The van der Waals surface area contributed by atoms with Crippen molar-refractivity contribution in [1.29, 1.82) is 0 Å². The van der Waals surface area contributed by atoms with E-state index in [0.29, 0.717) is 25.2 Å². The Morgan fingerprint density at radius 1 is 0.929 bits per heavy atom. The second kappa shape index (κ2) is 7.83. The highest BCUT2D eigenvalue weighted by atomic mass is 32.2. The van der Waals surface area contributed by atoms with Crippen molar-refractivity contribution in [3.63, 3.8) is 0 Å². The molecule has 0 bridgehead atoms. The summed E-state index contributed by atoms with van der Waals surface area (Å²) >= 11 is 0. The molecule has 0 aliphatic carbocycles. The molecule has 1 fully saturated rings. The Balaban J connectivity index is 1.85. The van der Waals surface area contributed by atoms with Crippen molar-refractivity contribution >= 4 is 21.6 Å². The Morgan fingerprint density at radius 2 is 1.54 bits per heavy atom. The van der Waals surface area contributed by atoms with E-state index in [9.17, 15) is 26.4 Å². The number of carbonyl (C=O) groups excluding carboxylic acids is 1. The molecule has 0 spiro atoms. The minimum absolute atomic E-state index is 0.0953. The number of nitrogens with one attached hydrogen (secondary N) is 1. The summed E-state index contributed by atoms with van der Waals surface area (Å²) < 4.78 is 65.5. The van der Waals surface area contributed by atoms with E-state index in [2.05, 4.69) is 4.72 Å². The Kier molecular flexibility index (Phi) is 5.64. The van der Waals surface area contributed by atoms with Gasteiger partial charge in [0.1, 0.15) is 0 Å². The summed E-state index contributed by atoms with van der Waals surface area (Å²) in [5.74, 6) is -0.273. The average molecular weight is 412 g/mol. The second-order valence-electron chi connectivity index (χ2n) is 6.53. The minimum Gasteiger partial charge on any atom is -0.339 e. The smallest absolute Gasteiger partial charge is 0.339 e. The lowest BCUT2D eigenvalue weighted by Crippen LogP contribution is -2.36. The first-order valence-electron chi connectivity index (χ1n) is 8.77. The van der Waals surface area contributed by atoms with Gasteiger partial charge in [0.15, 0.2) is 0 Å². The molecule has 0 atom stereocenters. The van der Waals surface area contributed by atoms with Gasteiger partial charge in [0, 0.05) is 13.1 Å². The van der Waals surface area contributed by atoms with Gasteiger partial charge >= 0.3 is 6.18 Å². The van der Waals surface area contributed by atoms with E-state index in [1.807, 2.05) is 0 Å². The zero-order valence-corrected chi connectivity index (χ0v) is 15.7. The Bertz CT molecular complexity index is 951. The van der Waals surface area contributed by atoms with Gasteiger partial charge in [-0.3, -0.25) is 9.52 Å². The van der Waals surface area contributed by atoms with Crippen LogP contribution in [0.4, 0.5) is 18.9 Å². The van der Waals surface area contributed by atoms with Crippen LogP contribution in [0.15, 0.2) is 53.4 Å². The number of halogens is 3. The molecule has 0 radical (unpaired) electrons. The highest BCUT2D eigenvalue weighted by molar-refractivity contribution is 7.92. The van der Waals surface area contributed by atoms with Crippen LogP contribution < -0.4 is 4.72 Å². The first-order valence-corrected chi connectivity index (χ1v) is 10.3. The topological polar surface area (TPSA) is 66.5 Å². The van der Waals surface area contributed by atoms with Crippen molar-refractivity contribution in [3.05, 3.63) is 59.7 Å². The van der Waals surface area contributed by atoms with E-state index < -0.39 is 21.8 Å². The van der Waals surface area contributed by atoms with Crippen LogP contribution in [0.5, 0.6) is 0 Å². The molecule has 1 amide bonds. The zero-order chi connectivity index (χ0) is 20.4. The summed E-state index contributed by atoms with van der Waals surface area (Å²) in [5.41, 5.74) is -0.634. The molecule has 1 saturated heterocycles. The van der Waals surface area contributed by atoms with Gasteiger partial charge in [-0.2, -0.15) is 13.2 Å². The largest absolute Gasteiger partial charge is 0.416 e. The Morgan fingerprint density at radius 3 is 2.14 bits per heavy atom. The molecule has 0 unspecified atom stereocenters. The lowest BCUT2D eigenvalue weighted by atomic mass is 10.1. The van der Waals surface area contributed by atoms with E-state index in [1.165, 1.54) is 12.1 Å². The summed E-state index contributed by atoms with van der Waals surface area (Å²) in [6, 6.07) is 9.39. The molecule has 1 heterocycles. The maximum atomic E-state index is 12.8. The normalized spacial score (nSPS) is 15.3. The second-order valence-corrected chi connectivity index (χ2v) is 8.21. The number of benzene rings is 2. The number of amides is 1. The lowest BCUT2D eigenvalue weighted by Gasteiger charge is -2.27. The first-order chi connectivity index (χ1) is 13.2. The van der Waals surface area contributed by atoms with Crippen molar-refractivity contribution in [2.75, 3.05) is 17.8 Å². The SMILES string of the molecule is O=C(c1ccccc1NS(=O)(=O)c1ccc(C(F)(F)F)cc1)N1CCCCC1. The number of alkyl halides is 3. The van der Waals surface area contributed by atoms with Crippen molar-refractivity contribution in [3.8, 4) is 0 Å². The van der Waals surface area contributed by atoms with Gasteiger partial charge in [0.2, 0.25) is 0 Å². The fourth-order valence-electron chi connectivity index (χ4n) is 3.05. The molecule has 3 rings (SSSR count). The number of hydrogen-bond donors (Lipinski definition) is 1. The van der Waals surface area contributed by atoms with Crippen molar-refractivity contribution in [1.82, 2.24) is 4.90 Å². The number of carbonyl (C=O) groups is 1. The molecule has 1 aliphatic heterocycles. The Labute approximate surface area is 161 Å². The zero-order valence-electron chi connectivity index (χ0n) is 14.9. The summed E-state index contributed by atoms with van der Waals surface area (Å²) in [4.78, 5) is 14.1. The van der Waals surface area contributed by atoms with Crippen LogP contribution in [0.1, 0.15) is 35.2 Å². The molecule has 2 aromatic rings. The molecule has 28 heavy (non-hydrogen) atoms. The number of piperidine rings is 1. The van der Waals surface area contributed by atoms with Crippen LogP contribution in [0.2, 0.25) is 0 Å². The van der Waals surface area contributed by atoms with Gasteiger partial charge < -0.3 is 4.90 Å². The molecule has 1 aliphatic rings. The highest BCUT2D eigenvalue weighted by Gasteiger charge is 2.31. The molecule has 5 nitrogen and oxygen atoms in total. The van der Waals surface area contributed by atoms with E-state index >= 15 is 0 Å². The van der Waals surface area contributed by atoms with Gasteiger partial charge in [-0.15, -0.1) is 0 Å². The number of para-hydroxylation sites is 1. The van der Waals surface area contributed by atoms with Crippen LogP contribution in [0.3, 0.4) is 0 Å². The standard InChI is InChI=1S/C19H19F3N2O3S/c20-19(21,22)14-8-10-15(11-9-14)28(26,27)23-17-7-3-2-6-16(17)18(25)24-12-4-1-5-13-24/h2-3,6-11,23H,1,4-5,12-13H2. The number of sulfonamides is 1. The fourth-order valence-corrected chi connectivity index (χ4v) is 4.13. The predicted molar refractivity (Wildman–Crippen MR) is 98.4 cm³/mol. The lowest BCUT2D eigenvalue weighted by molar-refractivity contribution is -0.137. The molecule has 150 valence electrons. The third kappa shape index (κ3) is 4.46.